The monoisotopic (exact) mass is 444 g/mol. The number of aliphatic hydroxyl groups is 1. The Morgan fingerprint density at radius 2 is 1.88 bits per heavy atom. The smallest absolute Gasteiger partial charge is 0.116 e. The number of rotatable bonds is 2. The minimum atomic E-state index is -0.579. The number of halogens is 3. The summed E-state index contributed by atoms with van der Waals surface area (Å²) >= 11 is 13.5. The highest BCUT2D eigenvalue weighted by Crippen LogP contribution is 2.42. The Morgan fingerprint density at radius 3 is 2.31 bits per heavy atom. The van der Waals surface area contributed by atoms with Gasteiger partial charge in [0.2, 0.25) is 0 Å². The van der Waals surface area contributed by atoms with Crippen LogP contribution in [0, 0.1) is 6.92 Å². The Bertz CT molecular complexity index is 472. The van der Waals surface area contributed by atoms with Crippen LogP contribution in [0.5, 0.6) is 0 Å². The maximum absolute atomic E-state index is 10.3. The first-order valence-corrected chi connectivity index (χ1v) is 8.39. The summed E-state index contributed by atoms with van der Waals surface area (Å²) in [5, 5.41) is 10.3. The van der Waals surface area contributed by atoms with E-state index < -0.39 is 6.10 Å². The summed E-state index contributed by atoms with van der Waals surface area (Å²) in [6.45, 7) is 2.03. The first-order chi connectivity index (χ1) is 7.49. The quantitative estimate of drug-likeness (QED) is 0.647. The van der Waals surface area contributed by atoms with Crippen LogP contribution >= 0.6 is 70.5 Å². The molecule has 2 aromatic heterocycles. The van der Waals surface area contributed by atoms with E-state index in [1.54, 1.807) is 22.7 Å². The molecule has 0 radical (unpaired) electrons. The second-order valence-electron chi connectivity index (χ2n) is 3.25. The van der Waals surface area contributed by atoms with E-state index in [4.69, 9.17) is 0 Å². The van der Waals surface area contributed by atoms with E-state index in [2.05, 4.69) is 47.8 Å². The molecule has 16 heavy (non-hydrogen) atoms. The highest BCUT2D eigenvalue weighted by Gasteiger charge is 2.20. The zero-order chi connectivity index (χ0) is 11.9. The van der Waals surface area contributed by atoms with Crippen molar-refractivity contribution in [3.05, 3.63) is 39.5 Å². The predicted molar refractivity (Wildman–Crippen MR) is 80.5 cm³/mol. The minimum Gasteiger partial charge on any atom is -0.383 e. The van der Waals surface area contributed by atoms with E-state index in [1.165, 1.54) is 4.88 Å². The van der Waals surface area contributed by atoms with Gasteiger partial charge in [-0.2, -0.15) is 0 Å². The van der Waals surface area contributed by atoms with Crippen molar-refractivity contribution in [2.45, 2.75) is 13.0 Å². The fourth-order valence-corrected chi connectivity index (χ4v) is 6.13. The van der Waals surface area contributed by atoms with Crippen molar-refractivity contribution in [3.8, 4) is 0 Å². The molecule has 2 aromatic rings. The Morgan fingerprint density at radius 1 is 1.19 bits per heavy atom. The molecule has 1 nitrogen and oxygen atoms in total. The third-order valence-corrected chi connectivity index (χ3v) is 6.47. The lowest BCUT2D eigenvalue weighted by Crippen LogP contribution is -1.96. The number of thiophene rings is 2. The highest BCUT2D eigenvalue weighted by molar-refractivity contribution is 9.12. The van der Waals surface area contributed by atoms with Crippen LogP contribution in [0.4, 0.5) is 0 Å². The molecule has 1 atom stereocenters. The third-order valence-electron chi connectivity index (χ3n) is 2.06. The molecule has 2 heterocycles. The average molecular weight is 447 g/mol. The largest absolute Gasteiger partial charge is 0.383 e. The molecule has 0 aliphatic heterocycles. The molecule has 2 rings (SSSR count). The number of hydrogen-bond donors (Lipinski definition) is 1. The van der Waals surface area contributed by atoms with Crippen LogP contribution in [0.25, 0.3) is 0 Å². The fourth-order valence-electron chi connectivity index (χ4n) is 1.37. The highest BCUT2D eigenvalue weighted by atomic mass is 79.9. The maximum Gasteiger partial charge on any atom is 0.116 e. The second-order valence-corrected chi connectivity index (χ2v) is 9.14. The van der Waals surface area contributed by atoms with Gasteiger partial charge in [0.05, 0.1) is 12.4 Å². The molecule has 0 fully saturated rings. The van der Waals surface area contributed by atoms with Crippen LogP contribution in [-0.2, 0) is 0 Å². The van der Waals surface area contributed by atoms with Crippen molar-refractivity contribution in [2.24, 2.45) is 0 Å². The Labute approximate surface area is 127 Å². The first kappa shape index (κ1) is 13.2. The van der Waals surface area contributed by atoms with Crippen molar-refractivity contribution in [2.75, 3.05) is 0 Å². The summed E-state index contributed by atoms with van der Waals surface area (Å²) in [5.41, 5.74) is 0.902. The van der Waals surface area contributed by atoms with Gasteiger partial charge in [-0.25, -0.2) is 0 Å². The summed E-state index contributed by atoms with van der Waals surface area (Å²) in [4.78, 5) is 2.13. The molecule has 0 aromatic carbocycles. The van der Waals surface area contributed by atoms with Crippen molar-refractivity contribution < 1.29 is 5.11 Å². The molecule has 0 bridgehead atoms. The SMILES string of the molecule is Cc1cc(Br)c(C(O)c2cc(Br)sc2Br)s1. The molecule has 1 N–H and O–H groups in total. The van der Waals surface area contributed by atoms with E-state index in [1.807, 2.05) is 19.1 Å². The Hall–Kier alpha value is 0.800. The van der Waals surface area contributed by atoms with Crippen LogP contribution in [0.3, 0.4) is 0 Å². The van der Waals surface area contributed by atoms with Gasteiger partial charge in [-0.3, -0.25) is 0 Å². The number of aliphatic hydroxyl groups excluding tert-OH is 1. The van der Waals surface area contributed by atoms with Crippen LogP contribution < -0.4 is 0 Å². The Kier molecular flexibility index (Phi) is 4.30. The summed E-state index contributed by atoms with van der Waals surface area (Å²) in [5.74, 6) is 0. The molecule has 0 saturated heterocycles. The maximum atomic E-state index is 10.3. The molecular formula is C10H7Br3OS2. The van der Waals surface area contributed by atoms with Gasteiger partial charge in [0.1, 0.15) is 6.10 Å². The van der Waals surface area contributed by atoms with Gasteiger partial charge in [-0.1, -0.05) is 0 Å². The lowest BCUT2D eigenvalue weighted by molar-refractivity contribution is 0.223. The summed E-state index contributed by atoms with van der Waals surface area (Å²) in [7, 11) is 0. The fraction of sp³-hybridized carbons (Fsp3) is 0.200. The van der Waals surface area contributed by atoms with Crippen molar-refractivity contribution >= 4 is 70.5 Å². The molecular weight excluding hydrogens is 440 g/mol. The van der Waals surface area contributed by atoms with E-state index >= 15 is 0 Å². The van der Waals surface area contributed by atoms with Crippen LogP contribution in [0.1, 0.15) is 21.4 Å². The molecule has 0 aliphatic rings. The van der Waals surface area contributed by atoms with Gasteiger partial charge < -0.3 is 5.11 Å². The molecule has 6 heteroatoms. The topological polar surface area (TPSA) is 20.2 Å². The minimum absolute atomic E-state index is 0.579. The van der Waals surface area contributed by atoms with Crippen LogP contribution in [0.15, 0.2) is 24.2 Å². The summed E-state index contributed by atoms with van der Waals surface area (Å²) in [6, 6.07) is 3.97. The van der Waals surface area contributed by atoms with E-state index in [9.17, 15) is 5.11 Å². The van der Waals surface area contributed by atoms with Gasteiger partial charge in [0, 0.05) is 14.9 Å². The zero-order valence-electron chi connectivity index (χ0n) is 8.13. The third kappa shape index (κ3) is 2.62. The first-order valence-electron chi connectivity index (χ1n) is 4.37. The van der Waals surface area contributed by atoms with E-state index in [0.717, 1.165) is 22.5 Å². The summed E-state index contributed by atoms with van der Waals surface area (Å²) in [6.07, 6.45) is -0.579. The number of aryl methyl sites for hydroxylation is 1. The number of hydrogen-bond acceptors (Lipinski definition) is 3. The molecule has 0 aliphatic carbocycles. The molecule has 0 spiro atoms. The van der Waals surface area contributed by atoms with Gasteiger partial charge in [0.25, 0.3) is 0 Å². The van der Waals surface area contributed by atoms with Crippen molar-refractivity contribution in [1.82, 2.24) is 0 Å². The Balaban J connectivity index is 2.42. The second kappa shape index (κ2) is 5.20. The summed E-state index contributed by atoms with van der Waals surface area (Å²) < 4.78 is 2.94. The zero-order valence-corrected chi connectivity index (χ0v) is 14.5. The standard InChI is InChI=1S/C10H7Br3OS2/c1-4-2-6(11)9(15-4)8(14)5-3-7(12)16-10(5)13/h2-3,8,14H,1H3. The van der Waals surface area contributed by atoms with E-state index in [0.29, 0.717) is 0 Å². The lowest BCUT2D eigenvalue weighted by atomic mass is 10.2. The van der Waals surface area contributed by atoms with Crippen LogP contribution in [-0.4, -0.2) is 5.11 Å². The van der Waals surface area contributed by atoms with Gasteiger partial charge in [-0.15, -0.1) is 22.7 Å². The van der Waals surface area contributed by atoms with Gasteiger partial charge in [0.15, 0.2) is 0 Å². The molecule has 86 valence electrons. The van der Waals surface area contributed by atoms with Crippen LogP contribution in [0.2, 0.25) is 0 Å². The molecule has 0 amide bonds. The van der Waals surface area contributed by atoms with Gasteiger partial charge in [-0.05, 0) is 66.8 Å². The van der Waals surface area contributed by atoms with Gasteiger partial charge >= 0.3 is 0 Å². The lowest BCUT2D eigenvalue weighted by Gasteiger charge is -2.08. The average Bonchev–Trinajstić information content (AvgIpc) is 2.68. The van der Waals surface area contributed by atoms with E-state index in [-0.39, 0.29) is 0 Å². The molecule has 0 saturated carbocycles. The van der Waals surface area contributed by atoms with Crippen molar-refractivity contribution in [1.29, 1.82) is 0 Å². The predicted octanol–water partition coefficient (Wildman–Crippen LogP) is 5.49. The van der Waals surface area contributed by atoms with Crippen molar-refractivity contribution in [3.63, 3.8) is 0 Å². The normalized spacial score (nSPS) is 13.1. The molecule has 1 unspecified atom stereocenters.